The standard InChI is InChI=1S/C28H31BN2/c1-18-14-20(3)26(21(4)15-18)29(27-22(5)16-19(2)17-23(27)6)25-11-9-8-10-24(25)28-30(7)12-13-31(28)29/h8-17H,1-7H3. The largest absolute Gasteiger partial charge is 0.415 e. The third-order valence-corrected chi connectivity index (χ3v) is 7.41. The monoisotopic (exact) mass is 406 g/mol. The molecule has 1 aliphatic rings. The fourth-order valence-corrected chi connectivity index (χ4v) is 6.79. The topological polar surface area (TPSA) is 8.81 Å². The highest BCUT2D eigenvalue weighted by Crippen LogP contribution is 2.27. The van der Waals surface area contributed by atoms with Gasteiger partial charge in [0.15, 0.2) is 0 Å². The van der Waals surface area contributed by atoms with Gasteiger partial charge in [0, 0.05) is 5.56 Å². The van der Waals surface area contributed by atoms with Gasteiger partial charge in [0.05, 0.1) is 13.2 Å². The Morgan fingerprint density at radius 2 is 1.19 bits per heavy atom. The van der Waals surface area contributed by atoms with Crippen molar-refractivity contribution in [3.63, 3.8) is 0 Å². The van der Waals surface area contributed by atoms with Crippen molar-refractivity contribution in [1.29, 1.82) is 0 Å². The van der Waals surface area contributed by atoms with E-state index < -0.39 is 6.28 Å². The van der Waals surface area contributed by atoms with Crippen LogP contribution in [-0.4, -0.2) is 10.8 Å². The first-order valence-electron chi connectivity index (χ1n) is 11.3. The van der Waals surface area contributed by atoms with Crippen molar-refractivity contribution in [2.45, 2.75) is 41.5 Å². The lowest BCUT2D eigenvalue weighted by Crippen LogP contribution is -2.84. The molecule has 0 unspecified atom stereocenters. The highest BCUT2D eigenvalue weighted by Gasteiger charge is 2.49. The van der Waals surface area contributed by atoms with Crippen LogP contribution in [0, 0.1) is 41.5 Å². The van der Waals surface area contributed by atoms with Crippen LogP contribution in [0.15, 0.2) is 60.9 Å². The van der Waals surface area contributed by atoms with E-state index in [-0.39, 0.29) is 0 Å². The first kappa shape index (κ1) is 19.9. The maximum Gasteiger partial charge on any atom is 0.273 e. The summed E-state index contributed by atoms with van der Waals surface area (Å²) < 4.78 is 4.86. The van der Waals surface area contributed by atoms with Crippen LogP contribution >= 0.6 is 0 Å². The Labute approximate surface area is 186 Å². The predicted molar refractivity (Wildman–Crippen MR) is 132 cm³/mol. The average molecular weight is 406 g/mol. The van der Waals surface area contributed by atoms with Crippen molar-refractivity contribution >= 4 is 22.7 Å². The van der Waals surface area contributed by atoms with Crippen LogP contribution in [0.3, 0.4) is 0 Å². The quantitative estimate of drug-likeness (QED) is 0.396. The van der Waals surface area contributed by atoms with Gasteiger partial charge >= 0.3 is 0 Å². The molecule has 2 heterocycles. The van der Waals surface area contributed by atoms with Gasteiger partial charge < -0.3 is 4.48 Å². The molecule has 0 bridgehead atoms. The van der Waals surface area contributed by atoms with Gasteiger partial charge in [-0.05, 0) is 47.6 Å². The molecule has 1 aliphatic heterocycles. The van der Waals surface area contributed by atoms with E-state index in [2.05, 4.69) is 119 Å². The van der Waals surface area contributed by atoms with Crippen molar-refractivity contribution in [3.05, 3.63) is 94.3 Å². The summed E-state index contributed by atoms with van der Waals surface area (Å²) in [5, 5.41) is 0. The summed E-state index contributed by atoms with van der Waals surface area (Å²) >= 11 is 0. The molecule has 2 nitrogen and oxygen atoms in total. The lowest BCUT2D eigenvalue weighted by molar-refractivity contribution is -0.523. The van der Waals surface area contributed by atoms with Gasteiger partial charge in [-0.2, -0.15) is 0 Å². The number of hydrogen-bond acceptors (Lipinski definition) is 0. The van der Waals surface area contributed by atoms with Gasteiger partial charge in [-0.25, -0.2) is 4.57 Å². The number of aryl methyl sites for hydroxylation is 7. The summed E-state index contributed by atoms with van der Waals surface area (Å²) in [6.45, 7) is 13.6. The zero-order valence-corrected chi connectivity index (χ0v) is 19.7. The molecule has 0 fully saturated rings. The Bertz CT molecular complexity index is 1260. The molecule has 3 heteroatoms. The molecule has 0 amide bonds. The maximum absolute atomic E-state index is 2.58. The Balaban J connectivity index is 2.07. The van der Waals surface area contributed by atoms with Crippen molar-refractivity contribution < 1.29 is 4.48 Å². The predicted octanol–water partition coefficient (Wildman–Crippen LogP) is 3.66. The van der Waals surface area contributed by atoms with Gasteiger partial charge in [0.2, 0.25) is 5.82 Å². The fraction of sp³-hybridized carbons (Fsp3) is 0.250. The Morgan fingerprint density at radius 1 is 0.710 bits per heavy atom. The molecule has 1 aromatic heterocycles. The van der Waals surface area contributed by atoms with Gasteiger partial charge in [0.1, 0.15) is 6.20 Å². The zero-order valence-electron chi connectivity index (χ0n) is 19.7. The Hall–Kier alpha value is -3.07. The molecule has 4 aromatic rings. The van der Waals surface area contributed by atoms with E-state index in [0.717, 1.165) is 0 Å². The molecule has 156 valence electrons. The molecule has 5 rings (SSSR count). The second-order valence-corrected chi connectivity index (χ2v) is 9.67. The molecule has 0 atom stereocenters. The highest BCUT2D eigenvalue weighted by molar-refractivity contribution is 7.07. The van der Waals surface area contributed by atoms with Crippen LogP contribution in [-0.2, 0) is 7.05 Å². The second-order valence-electron chi connectivity index (χ2n) is 9.67. The Kier molecular flexibility index (Phi) is 4.31. The van der Waals surface area contributed by atoms with E-state index in [0.29, 0.717) is 0 Å². The van der Waals surface area contributed by atoms with E-state index in [1.807, 2.05) is 0 Å². The SMILES string of the molecule is Cc1cc(C)c([B-]2(c3c(C)cc(C)cc3C)c3ccccc3-c3n(C)cc[n+]32)c(C)c1. The van der Waals surface area contributed by atoms with Crippen LogP contribution in [0.25, 0.3) is 11.4 Å². The van der Waals surface area contributed by atoms with Crippen molar-refractivity contribution in [2.24, 2.45) is 7.05 Å². The summed E-state index contributed by atoms with van der Waals surface area (Å²) in [6, 6.07) is 18.5. The molecule has 0 spiro atoms. The summed E-state index contributed by atoms with van der Waals surface area (Å²) in [6.07, 6.45) is 3.15. The average Bonchev–Trinajstić information content (AvgIpc) is 3.19. The van der Waals surface area contributed by atoms with Crippen LogP contribution in [0.5, 0.6) is 0 Å². The van der Waals surface area contributed by atoms with Crippen LogP contribution in [0.2, 0.25) is 0 Å². The minimum atomic E-state index is -1.36. The maximum atomic E-state index is 2.58. The van der Waals surface area contributed by atoms with E-state index in [1.165, 1.54) is 61.2 Å². The summed E-state index contributed by atoms with van der Waals surface area (Å²) in [5.74, 6) is 1.29. The van der Waals surface area contributed by atoms with Gasteiger partial charge in [-0.15, -0.1) is 16.4 Å². The molecule has 0 aliphatic carbocycles. The number of imidazole rings is 1. The molecule has 0 saturated carbocycles. The van der Waals surface area contributed by atoms with Gasteiger partial charge in [-0.1, -0.05) is 75.8 Å². The van der Waals surface area contributed by atoms with Crippen LogP contribution in [0.4, 0.5) is 0 Å². The molecule has 31 heavy (non-hydrogen) atoms. The van der Waals surface area contributed by atoms with Crippen LogP contribution in [0.1, 0.15) is 33.4 Å². The zero-order chi connectivity index (χ0) is 22.1. The molecule has 0 N–H and O–H groups in total. The lowest BCUT2D eigenvalue weighted by atomic mass is 9.22. The number of benzene rings is 3. The fourth-order valence-electron chi connectivity index (χ4n) is 6.79. The third kappa shape index (κ3) is 2.56. The van der Waals surface area contributed by atoms with Gasteiger partial charge in [0.25, 0.3) is 6.28 Å². The normalized spacial score (nSPS) is 13.9. The highest BCUT2D eigenvalue weighted by atomic mass is 15.1. The van der Waals surface area contributed by atoms with Gasteiger partial charge in [-0.3, -0.25) is 0 Å². The third-order valence-electron chi connectivity index (χ3n) is 7.41. The molecule has 0 radical (unpaired) electrons. The van der Waals surface area contributed by atoms with E-state index in [4.69, 9.17) is 0 Å². The second kappa shape index (κ2) is 6.72. The molecular weight excluding hydrogens is 375 g/mol. The van der Waals surface area contributed by atoms with Crippen molar-refractivity contribution in [3.8, 4) is 11.4 Å². The number of hydrogen-bond donors (Lipinski definition) is 0. The minimum Gasteiger partial charge on any atom is -0.415 e. The summed E-state index contributed by atoms with van der Waals surface area (Å²) in [5.41, 5.74) is 13.8. The Morgan fingerprint density at radius 3 is 1.71 bits per heavy atom. The minimum absolute atomic E-state index is 1.29. The van der Waals surface area contributed by atoms with Crippen LogP contribution < -0.4 is 20.9 Å². The molecule has 0 saturated heterocycles. The van der Waals surface area contributed by atoms with Crippen molar-refractivity contribution in [1.82, 2.24) is 4.57 Å². The van der Waals surface area contributed by atoms with E-state index in [1.54, 1.807) is 0 Å². The number of fused-ring (bicyclic) bond motifs is 3. The lowest BCUT2D eigenvalue weighted by Gasteiger charge is -2.41. The van der Waals surface area contributed by atoms with E-state index in [9.17, 15) is 0 Å². The number of aromatic nitrogens is 2. The first-order chi connectivity index (χ1) is 14.8. The molecular formula is C28H31BN2. The molecule has 3 aromatic carbocycles. The number of nitrogens with zero attached hydrogens (tertiary/aromatic N) is 2. The number of rotatable bonds is 2. The van der Waals surface area contributed by atoms with E-state index >= 15 is 0 Å². The summed E-state index contributed by atoms with van der Waals surface area (Å²) in [7, 11) is 2.17. The van der Waals surface area contributed by atoms with Crippen molar-refractivity contribution in [2.75, 3.05) is 0 Å². The first-order valence-corrected chi connectivity index (χ1v) is 11.3. The smallest absolute Gasteiger partial charge is 0.273 e. The summed E-state index contributed by atoms with van der Waals surface area (Å²) in [4.78, 5) is 0.